The Balaban J connectivity index is 1.55. The second-order valence-electron chi connectivity index (χ2n) is 8.07. The summed E-state index contributed by atoms with van der Waals surface area (Å²) in [5, 5.41) is 21.3. The van der Waals surface area contributed by atoms with Crippen LogP contribution in [0.25, 0.3) is 11.1 Å². The van der Waals surface area contributed by atoms with Crippen LogP contribution in [0.2, 0.25) is 0 Å². The molecule has 158 valence electrons. The van der Waals surface area contributed by atoms with Crippen molar-refractivity contribution in [1.82, 2.24) is 10.2 Å². The Bertz CT molecular complexity index is 1190. The Labute approximate surface area is 181 Å². The minimum Gasteiger partial charge on any atom is -0.352 e. The van der Waals surface area contributed by atoms with Gasteiger partial charge in [0.2, 0.25) is 5.91 Å². The number of sulfone groups is 1. The maximum absolute atomic E-state index is 12.6. The van der Waals surface area contributed by atoms with Gasteiger partial charge in [0.1, 0.15) is 9.84 Å². The Morgan fingerprint density at radius 3 is 2.45 bits per heavy atom. The molecule has 0 aliphatic carbocycles. The van der Waals surface area contributed by atoms with E-state index in [-0.39, 0.29) is 23.3 Å². The number of hydrogen-bond acceptors (Lipinski definition) is 6. The van der Waals surface area contributed by atoms with Gasteiger partial charge in [-0.05, 0) is 58.9 Å². The largest absolute Gasteiger partial charge is 0.352 e. The number of rotatable bonds is 4. The van der Waals surface area contributed by atoms with Crippen LogP contribution in [0.1, 0.15) is 35.1 Å². The molecule has 2 heterocycles. The van der Waals surface area contributed by atoms with Gasteiger partial charge < -0.3 is 10.2 Å². The minimum atomic E-state index is -3.00. The van der Waals surface area contributed by atoms with Gasteiger partial charge in [0.05, 0.1) is 36.2 Å². The van der Waals surface area contributed by atoms with Gasteiger partial charge in [0, 0.05) is 12.5 Å². The zero-order valence-corrected chi connectivity index (χ0v) is 17.8. The highest BCUT2D eigenvalue weighted by atomic mass is 32.2. The SMILES string of the molecule is N#Cc1ccc(-c2cc(CNC(=O)C3CCS(=O)(=O)CC3)cc3c2CN(C#N)C3)cc1. The van der Waals surface area contributed by atoms with Crippen LogP contribution in [0.4, 0.5) is 0 Å². The minimum absolute atomic E-state index is 0.0662. The zero-order chi connectivity index (χ0) is 22.0. The van der Waals surface area contributed by atoms with Gasteiger partial charge in [-0.15, -0.1) is 0 Å². The van der Waals surface area contributed by atoms with Crippen LogP contribution in [-0.4, -0.2) is 30.7 Å². The van der Waals surface area contributed by atoms with E-state index < -0.39 is 9.84 Å². The molecule has 0 saturated carbocycles. The van der Waals surface area contributed by atoms with Crippen molar-refractivity contribution >= 4 is 15.7 Å². The summed E-state index contributed by atoms with van der Waals surface area (Å²) in [5.41, 5.74) is 5.59. The van der Waals surface area contributed by atoms with Crippen LogP contribution in [0, 0.1) is 28.7 Å². The van der Waals surface area contributed by atoms with Crippen molar-refractivity contribution < 1.29 is 13.2 Å². The first-order chi connectivity index (χ1) is 14.9. The van der Waals surface area contributed by atoms with Crippen LogP contribution < -0.4 is 5.32 Å². The maximum atomic E-state index is 12.6. The summed E-state index contributed by atoms with van der Waals surface area (Å²) >= 11 is 0. The lowest BCUT2D eigenvalue weighted by molar-refractivity contribution is -0.125. The summed E-state index contributed by atoms with van der Waals surface area (Å²) in [7, 11) is -3.00. The van der Waals surface area contributed by atoms with Crippen molar-refractivity contribution in [2.75, 3.05) is 11.5 Å². The van der Waals surface area contributed by atoms with Crippen LogP contribution in [0.3, 0.4) is 0 Å². The van der Waals surface area contributed by atoms with E-state index in [1.165, 1.54) is 0 Å². The van der Waals surface area contributed by atoms with E-state index in [0.29, 0.717) is 38.0 Å². The standard InChI is InChI=1S/C23H22N4O3S/c24-11-16-1-3-18(4-2-16)21-10-17(9-20-13-27(15-25)14-22(20)21)12-26-23(28)19-5-7-31(29,30)8-6-19/h1-4,9-10,19H,5-8,12-14H2,(H,26,28). The predicted octanol–water partition coefficient (Wildman–Crippen LogP) is 2.46. The van der Waals surface area contributed by atoms with Gasteiger partial charge in [0.25, 0.3) is 0 Å². The molecular formula is C23H22N4O3S. The Morgan fingerprint density at radius 1 is 1.10 bits per heavy atom. The molecule has 0 aromatic heterocycles. The number of amides is 1. The smallest absolute Gasteiger partial charge is 0.223 e. The molecule has 4 rings (SSSR count). The van der Waals surface area contributed by atoms with Crippen molar-refractivity contribution in [1.29, 1.82) is 10.5 Å². The highest BCUT2D eigenvalue weighted by molar-refractivity contribution is 7.91. The van der Waals surface area contributed by atoms with Crippen LogP contribution in [0.15, 0.2) is 36.4 Å². The molecule has 7 nitrogen and oxygen atoms in total. The molecule has 1 amide bonds. The fourth-order valence-corrected chi connectivity index (χ4v) is 5.71. The highest BCUT2D eigenvalue weighted by Crippen LogP contribution is 2.34. The molecule has 0 radical (unpaired) electrons. The molecule has 1 saturated heterocycles. The average molecular weight is 435 g/mol. The first-order valence-corrected chi connectivity index (χ1v) is 12.0. The zero-order valence-electron chi connectivity index (χ0n) is 17.0. The average Bonchev–Trinajstić information content (AvgIpc) is 3.20. The van der Waals surface area contributed by atoms with E-state index in [4.69, 9.17) is 5.26 Å². The van der Waals surface area contributed by atoms with Crippen molar-refractivity contribution in [3.05, 3.63) is 58.7 Å². The van der Waals surface area contributed by atoms with Crippen molar-refractivity contribution in [3.63, 3.8) is 0 Å². The van der Waals surface area contributed by atoms with E-state index in [0.717, 1.165) is 27.8 Å². The van der Waals surface area contributed by atoms with E-state index in [9.17, 15) is 18.5 Å². The molecule has 2 aromatic rings. The summed E-state index contributed by atoms with van der Waals surface area (Å²) in [6.07, 6.45) is 2.93. The maximum Gasteiger partial charge on any atom is 0.223 e. The summed E-state index contributed by atoms with van der Waals surface area (Å²) in [6.45, 7) is 1.40. The first-order valence-electron chi connectivity index (χ1n) is 10.2. The Hall–Kier alpha value is -3.36. The number of benzene rings is 2. The van der Waals surface area contributed by atoms with Gasteiger partial charge in [-0.3, -0.25) is 4.79 Å². The number of carbonyl (C=O) groups excluding carboxylic acids is 1. The summed E-state index contributed by atoms with van der Waals surface area (Å²) in [4.78, 5) is 14.2. The second kappa shape index (κ2) is 8.41. The fraction of sp³-hybridized carbons (Fsp3) is 0.348. The van der Waals surface area contributed by atoms with Crippen molar-refractivity contribution in [3.8, 4) is 23.4 Å². The molecule has 0 unspecified atom stereocenters. The third-order valence-electron chi connectivity index (χ3n) is 5.97. The monoisotopic (exact) mass is 434 g/mol. The molecule has 0 spiro atoms. The lowest BCUT2D eigenvalue weighted by Gasteiger charge is -2.21. The fourth-order valence-electron chi connectivity index (χ4n) is 4.22. The molecule has 1 fully saturated rings. The third-order valence-corrected chi connectivity index (χ3v) is 7.69. The Morgan fingerprint density at radius 2 is 1.81 bits per heavy atom. The normalized spacial score (nSPS) is 17.4. The molecule has 8 heteroatoms. The summed E-state index contributed by atoms with van der Waals surface area (Å²) in [6, 6.07) is 13.5. The van der Waals surface area contributed by atoms with Gasteiger partial charge in [0.15, 0.2) is 6.19 Å². The molecule has 2 aromatic carbocycles. The highest BCUT2D eigenvalue weighted by Gasteiger charge is 2.28. The molecule has 0 atom stereocenters. The quantitative estimate of drug-likeness (QED) is 0.740. The first kappa shape index (κ1) is 20.9. The molecule has 0 bridgehead atoms. The number of nitrogens with zero attached hydrogens (tertiary/aromatic N) is 3. The van der Waals surface area contributed by atoms with Gasteiger partial charge in [-0.1, -0.05) is 18.2 Å². The van der Waals surface area contributed by atoms with Crippen LogP contribution in [0.5, 0.6) is 0 Å². The number of nitriles is 2. The van der Waals surface area contributed by atoms with Crippen molar-refractivity contribution in [2.24, 2.45) is 5.92 Å². The van der Waals surface area contributed by atoms with Crippen LogP contribution in [-0.2, 0) is 34.3 Å². The van der Waals surface area contributed by atoms with E-state index in [1.54, 1.807) is 17.0 Å². The van der Waals surface area contributed by atoms with Gasteiger partial charge in [-0.25, -0.2) is 8.42 Å². The summed E-state index contributed by atoms with van der Waals surface area (Å²) < 4.78 is 23.2. The van der Waals surface area contributed by atoms with Crippen molar-refractivity contribution in [2.45, 2.75) is 32.5 Å². The predicted molar refractivity (Wildman–Crippen MR) is 115 cm³/mol. The lowest BCUT2D eigenvalue weighted by atomic mass is 9.93. The van der Waals surface area contributed by atoms with E-state index >= 15 is 0 Å². The molecular weight excluding hydrogens is 412 g/mol. The molecule has 1 N–H and O–H groups in total. The molecule has 2 aliphatic heterocycles. The number of carbonyl (C=O) groups is 1. The van der Waals surface area contributed by atoms with Crippen LogP contribution >= 0.6 is 0 Å². The van der Waals surface area contributed by atoms with Gasteiger partial charge in [-0.2, -0.15) is 10.5 Å². The molecule has 2 aliphatic rings. The number of hydrogen-bond donors (Lipinski definition) is 1. The van der Waals surface area contributed by atoms with Gasteiger partial charge >= 0.3 is 0 Å². The van der Waals surface area contributed by atoms with E-state index in [2.05, 4.69) is 17.6 Å². The summed E-state index contributed by atoms with van der Waals surface area (Å²) in [5.74, 6) is -0.257. The van der Waals surface area contributed by atoms with E-state index in [1.807, 2.05) is 24.3 Å². The number of nitrogens with one attached hydrogen (secondary N) is 1. The Kier molecular flexibility index (Phi) is 5.67. The molecule has 31 heavy (non-hydrogen) atoms. The lowest BCUT2D eigenvalue weighted by Crippen LogP contribution is -2.35. The number of fused-ring (bicyclic) bond motifs is 1. The second-order valence-corrected chi connectivity index (χ2v) is 10.4. The third kappa shape index (κ3) is 4.55. The topological polar surface area (TPSA) is 114 Å².